The van der Waals surface area contributed by atoms with E-state index in [1.54, 1.807) is 0 Å². The summed E-state index contributed by atoms with van der Waals surface area (Å²) in [6.45, 7) is 7.09. The first kappa shape index (κ1) is 13.6. The fourth-order valence-electron chi connectivity index (χ4n) is 1.76. The van der Waals surface area contributed by atoms with Crippen LogP contribution in [0.4, 0.5) is 5.69 Å². The van der Waals surface area contributed by atoms with E-state index in [9.17, 15) is 4.79 Å². The quantitative estimate of drug-likeness (QED) is 0.794. The molecule has 3 nitrogen and oxygen atoms in total. The van der Waals surface area contributed by atoms with Crippen molar-refractivity contribution in [3.8, 4) is 0 Å². The van der Waals surface area contributed by atoms with Crippen molar-refractivity contribution in [3.05, 3.63) is 29.8 Å². The van der Waals surface area contributed by atoms with Gasteiger partial charge in [-0.1, -0.05) is 13.3 Å². The summed E-state index contributed by atoms with van der Waals surface area (Å²) in [5, 5.41) is 6.19. The molecule has 1 amide bonds. The maximum atomic E-state index is 11.9. The minimum Gasteiger partial charge on any atom is -0.385 e. The fourth-order valence-corrected chi connectivity index (χ4v) is 1.76. The van der Waals surface area contributed by atoms with Crippen LogP contribution in [-0.2, 0) is 0 Å². The molecule has 0 saturated heterocycles. The normalized spacial score (nSPS) is 11.9. The van der Waals surface area contributed by atoms with Gasteiger partial charge in [-0.3, -0.25) is 4.79 Å². The van der Waals surface area contributed by atoms with E-state index in [0.29, 0.717) is 0 Å². The van der Waals surface area contributed by atoms with Gasteiger partial charge in [-0.2, -0.15) is 0 Å². The number of nitrogens with one attached hydrogen (secondary N) is 2. The Labute approximate surface area is 104 Å². The van der Waals surface area contributed by atoms with Crippen LogP contribution < -0.4 is 10.6 Å². The Bertz CT molecular complexity index is 346. The van der Waals surface area contributed by atoms with Gasteiger partial charge in [0, 0.05) is 23.8 Å². The Morgan fingerprint density at radius 1 is 1.24 bits per heavy atom. The number of anilines is 1. The highest BCUT2D eigenvalue weighted by Gasteiger charge is 2.08. The largest absolute Gasteiger partial charge is 0.385 e. The van der Waals surface area contributed by atoms with Crippen LogP contribution in [0.5, 0.6) is 0 Å². The second-order valence-electron chi connectivity index (χ2n) is 4.27. The van der Waals surface area contributed by atoms with Gasteiger partial charge in [-0.15, -0.1) is 0 Å². The number of benzene rings is 1. The lowest BCUT2D eigenvalue weighted by atomic mass is 10.1. The topological polar surface area (TPSA) is 41.1 Å². The predicted molar refractivity (Wildman–Crippen MR) is 72.4 cm³/mol. The monoisotopic (exact) mass is 234 g/mol. The van der Waals surface area contributed by atoms with Crippen molar-refractivity contribution in [2.24, 2.45) is 0 Å². The number of rotatable bonds is 6. The van der Waals surface area contributed by atoms with Crippen LogP contribution in [0.1, 0.15) is 44.0 Å². The minimum absolute atomic E-state index is 0.00833. The Morgan fingerprint density at radius 3 is 2.41 bits per heavy atom. The summed E-state index contributed by atoms with van der Waals surface area (Å²) < 4.78 is 0. The van der Waals surface area contributed by atoms with Gasteiger partial charge in [0.1, 0.15) is 0 Å². The van der Waals surface area contributed by atoms with E-state index in [1.807, 2.05) is 38.1 Å². The number of amides is 1. The summed E-state index contributed by atoms with van der Waals surface area (Å²) in [5.41, 5.74) is 1.76. The van der Waals surface area contributed by atoms with Crippen LogP contribution in [0.2, 0.25) is 0 Å². The molecule has 0 aliphatic rings. The lowest BCUT2D eigenvalue weighted by molar-refractivity contribution is 0.0938. The van der Waals surface area contributed by atoms with Gasteiger partial charge >= 0.3 is 0 Å². The molecule has 0 aliphatic carbocycles. The van der Waals surface area contributed by atoms with Crippen LogP contribution in [0.25, 0.3) is 0 Å². The van der Waals surface area contributed by atoms with Crippen molar-refractivity contribution in [2.75, 3.05) is 11.9 Å². The standard InChI is InChI=1S/C14H22N2O/c1-4-6-11(3)16-14(17)12-7-9-13(10-8-12)15-5-2/h7-11,15H,4-6H2,1-3H3,(H,16,17). The summed E-state index contributed by atoms with van der Waals surface area (Å²) in [6, 6.07) is 7.81. The highest BCUT2D eigenvalue weighted by atomic mass is 16.1. The number of hydrogen-bond donors (Lipinski definition) is 2. The Balaban J connectivity index is 2.57. The molecule has 94 valence electrons. The van der Waals surface area contributed by atoms with E-state index in [-0.39, 0.29) is 11.9 Å². The van der Waals surface area contributed by atoms with Crippen molar-refractivity contribution in [1.82, 2.24) is 5.32 Å². The van der Waals surface area contributed by atoms with E-state index >= 15 is 0 Å². The molecule has 0 aromatic heterocycles. The molecule has 2 N–H and O–H groups in total. The van der Waals surface area contributed by atoms with Crippen LogP contribution in [0, 0.1) is 0 Å². The lowest BCUT2D eigenvalue weighted by Crippen LogP contribution is -2.32. The van der Waals surface area contributed by atoms with E-state index in [2.05, 4.69) is 17.6 Å². The first-order valence-electron chi connectivity index (χ1n) is 6.32. The van der Waals surface area contributed by atoms with Crippen molar-refractivity contribution >= 4 is 11.6 Å². The van der Waals surface area contributed by atoms with E-state index in [1.165, 1.54) is 0 Å². The zero-order chi connectivity index (χ0) is 12.7. The van der Waals surface area contributed by atoms with E-state index in [4.69, 9.17) is 0 Å². The number of carbonyl (C=O) groups is 1. The van der Waals surface area contributed by atoms with Gasteiger partial charge in [0.05, 0.1) is 0 Å². The summed E-state index contributed by atoms with van der Waals surface area (Å²) in [4.78, 5) is 11.9. The third kappa shape index (κ3) is 4.47. The molecule has 0 spiro atoms. The molecule has 3 heteroatoms. The Hall–Kier alpha value is -1.51. The first-order chi connectivity index (χ1) is 8.17. The third-order valence-electron chi connectivity index (χ3n) is 2.63. The van der Waals surface area contributed by atoms with Crippen LogP contribution >= 0.6 is 0 Å². The Kier molecular flexibility index (Phi) is 5.53. The van der Waals surface area contributed by atoms with Crippen molar-refractivity contribution < 1.29 is 4.79 Å². The summed E-state index contributed by atoms with van der Waals surface area (Å²) in [6.07, 6.45) is 2.10. The zero-order valence-electron chi connectivity index (χ0n) is 10.9. The minimum atomic E-state index is 0.00833. The van der Waals surface area contributed by atoms with Gasteiger partial charge in [0.2, 0.25) is 0 Å². The van der Waals surface area contributed by atoms with E-state index in [0.717, 1.165) is 30.6 Å². The molecule has 0 fully saturated rings. The zero-order valence-corrected chi connectivity index (χ0v) is 10.9. The maximum Gasteiger partial charge on any atom is 0.251 e. The second kappa shape index (κ2) is 6.94. The molecule has 17 heavy (non-hydrogen) atoms. The molecular weight excluding hydrogens is 212 g/mol. The lowest BCUT2D eigenvalue weighted by Gasteiger charge is -2.13. The SMILES string of the molecule is CCCC(C)NC(=O)c1ccc(NCC)cc1. The molecule has 1 aromatic carbocycles. The summed E-state index contributed by atoms with van der Waals surface area (Å²) >= 11 is 0. The smallest absolute Gasteiger partial charge is 0.251 e. The first-order valence-corrected chi connectivity index (χ1v) is 6.32. The summed E-state index contributed by atoms with van der Waals surface area (Å²) in [7, 11) is 0. The average molecular weight is 234 g/mol. The summed E-state index contributed by atoms with van der Waals surface area (Å²) in [5.74, 6) is 0.00833. The van der Waals surface area contributed by atoms with E-state index < -0.39 is 0 Å². The molecule has 0 aliphatic heterocycles. The van der Waals surface area contributed by atoms with Crippen molar-refractivity contribution in [2.45, 2.75) is 39.7 Å². The van der Waals surface area contributed by atoms with Gasteiger partial charge in [-0.25, -0.2) is 0 Å². The predicted octanol–water partition coefficient (Wildman–Crippen LogP) is 3.04. The van der Waals surface area contributed by atoms with Gasteiger partial charge in [0.25, 0.3) is 5.91 Å². The second-order valence-corrected chi connectivity index (χ2v) is 4.27. The highest BCUT2D eigenvalue weighted by Crippen LogP contribution is 2.09. The molecule has 0 bridgehead atoms. The molecule has 0 saturated carbocycles. The average Bonchev–Trinajstić information content (AvgIpc) is 2.30. The number of carbonyl (C=O) groups excluding carboxylic acids is 1. The fraction of sp³-hybridized carbons (Fsp3) is 0.500. The molecule has 0 radical (unpaired) electrons. The maximum absolute atomic E-state index is 11.9. The van der Waals surface area contributed by atoms with Crippen LogP contribution in [0.15, 0.2) is 24.3 Å². The third-order valence-corrected chi connectivity index (χ3v) is 2.63. The highest BCUT2D eigenvalue weighted by molar-refractivity contribution is 5.94. The number of hydrogen-bond acceptors (Lipinski definition) is 2. The van der Waals surface area contributed by atoms with Gasteiger partial charge in [0.15, 0.2) is 0 Å². The molecular formula is C14H22N2O. The molecule has 1 rings (SSSR count). The van der Waals surface area contributed by atoms with Gasteiger partial charge < -0.3 is 10.6 Å². The van der Waals surface area contributed by atoms with Crippen LogP contribution in [0.3, 0.4) is 0 Å². The molecule has 1 atom stereocenters. The van der Waals surface area contributed by atoms with Crippen molar-refractivity contribution in [3.63, 3.8) is 0 Å². The Morgan fingerprint density at radius 2 is 1.88 bits per heavy atom. The van der Waals surface area contributed by atoms with Crippen LogP contribution in [-0.4, -0.2) is 18.5 Å². The molecule has 1 unspecified atom stereocenters. The molecule has 1 aromatic rings. The van der Waals surface area contributed by atoms with Crippen molar-refractivity contribution in [1.29, 1.82) is 0 Å². The molecule has 0 heterocycles. The van der Waals surface area contributed by atoms with Gasteiger partial charge in [-0.05, 0) is 44.5 Å².